The Morgan fingerprint density at radius 2 is 2.07 bits per heavy atom. The molecule has 1 amide bonds. The van der Waals surface area contributed by atoms with E-state index in [0.717, 1.165) is 30.6 Å². The zero-order valence-corrected chi connectivity index (χ0v) is 17.2. The molecule has 2 heterocycles. The van der Waals surface area contributed by atoms with E-state index in [1.807, 2.05) is 49.4 Å². The largest absolute Gasteiger partial charge is 0.397 e. The second kappa shape index (κ2) is 9.89. The van der Waals surface area contributed by atoms with Gasteiger partial charge in [0.15, 0.2) is 5.69 Å². The molecule has 156 valence electrons. The summed E-state index contributed by atoms with van der Waals surface area (Å²) in [7, 11) is 0. The first-order valence-corrected chi connectivity index (χ1v) is 10.1. The summed E-state index contributed by atoms with van der Waals surface area (Å²) in [6.45, 7) is 7.08. The Morgan fingerprint density at radius 1 is 1.30 bits per heavy atom. The molecule has 1 atom stereocenters. The number of carbonyl (C=O) groups excluding carboxylic acids is 1. The van der Waals surface area contributed by atoms with E-state index in [9.17, 15) is 9.90 Å². The van der Waals surface area contributed by atoms with Crippen LogP contribution in [0.2, 0.25) is 0 Å². The monoisotopic (exact) mass is 404 g/mol. The van der Waals surface area contributed by atoms with Crippen molar-refractivity contribution >= 4 is 11.6 Å². The fourth-order valence-corrected chi connectivity index (χ4v) is 3.52. The Morgan fingerprint density at radius 3 is 2.73 bits per heavy atom. The number of likely N-dealkylation sites (tertiary alicyclic amines) is 1. The van der Waals surface area contributed by atoms with Crippen molar-refractivity contribution in [3.8, 4) is 11.3 Å². The normalized spacial score (nSPS) is 17.5. The maximum Gasteiger partial charge on any atom is 0.276 e. The zero-order chi connectivity index (χ0) is 21.5. The fraction of sp³-hybridized carbons (Fsp3) is 0.250. The third kappa shape index (κ3) is 4.96. The Bertz CT molecular complexity index is 966. The van der Waals surface area contributed by atoms with Gasteiger partial charge in [0.1, 0.15) is 0 Å². The number of pyridine rings is 1. The van der Waals surface area contributed by atoms with Gasteiger partial charge in [-0.05, 0) is 44.1 Å². The molecule has 0 spiro atoms. The van der Waals surface area contributed by atoms with Crippen LogP contribution in [0.5, 0.6) is 0 Å². The molecule has 4 N–H and O–H groups in total. The van der Waals surface area contributed by atoms with Crippen molar-refractivity contribution in [2.24, 2.45) is 0 Å². The molecule has 1 aliphatic rings. The minimum Gasteiger partial charge on any atom is -0.397 e. The van der Waals surface area contributed by atoms with Crippen LogP contribution >= 0.6 is 0 Å². The highest BCUT2D eigenvalue weighted by molar-refractivity contribution is 5.99. The van der Waals surface area contributed by atoms with Crippen LogP contribution in [0.4, 0.5) is 5.69 Å². The number of amides is 1. The van der Waals surface area contributed by atoms with Gasteiger partial charge in [0, 0.05) is 18.7 Å². The summed E-state index contributed by atoms with van der Waals surface area (Å²) < 4.78 is 0. The molecule has 1 aliphatic heterocycles. The molecule has 2 aromatic rings. The summed E-state index contributed by atoms with van der Waals surface area (Å²) in [4.78, 5) is 19.6. The Balaban J connectivity index is 1.92. The topological polar surface area (TPSA) is 91.5 Å². The van der Waals surface area contributed by atoms with Crippen LogP contribution in [-0.4, -0.2) is 40.1 Å². The van der Waals surface area contributed by atoms with Crippen molar-refractivity contribution in [1.82, 2.24) is 15.2 Å². The lowest BCUT2D eigenvalue weighted by molar-refractivity contribution is 0.0886. The molecule has 0 aliphatic carbocycles. The average molecular weight is 405 g/mol. The van der Waals surface area contributed by atoms with E-state index in [0.29, 0.717) is 23.6 Å². The highest BCUT2D eigenvalue weighted by atomic mass is 16.3. The van der Waals surface area contributed by atoms with E-state index in [1.54, 1.807) is 18.2 Å². The SMILES string of the molecule is C=C/C(NC(=O)c1nc(-c2ccccc2)ccc1N)=C(\C=C/C)N1CCC[C@H](O)C1. The van der Waals surface area contributed by atoms with Crippen LogP contribution < -0.4 is 11.1 Å². The number of benzene rings is 1. The number of nitrogen functional groups attached to an aromatic ring is 1. The number of anilines is 1. The quantitative estimate of drug-likeness (QED) is 0.641. The zero-order valence-electron chi connectivity index (χ0n) is 17.2. The minimum atomic E-state index is -0.403. The number of carbonyl (C=O) groups is 1. The molecule has 3 rings (SSSR count). The molecule has 1 fully saturated rings. The van der Waals surface area contributed by atoms with Gasteiger partial charge in [-0.15, -0.1) is 0 Å². The first-order chi connectivity index (χ1) is 14.5. The highest BCUT2D eigenvalue weighted by Crippen LogP contribution is 2.22. The highest BCUT2D eigenvalue weighted by Gasteiger charge is 2.22. The van der Waals surface area contributed by atoms with Crippen LogP contribution in [-0.2, 0) is 0 Å². The van der Waals surface area contributed by atoms with Crippen LogP contribution in [0.25, 0.3) is 11.3 Å². The Hall–Kier alpha value is -3.38. The third-order valence-corrected chi connectivity index (χ3v) is 5.00. The number of hydrogen-bond acceptors (Lipinski definition) is 5. The molecule has 0 unspecified atom stereocenters. The molecular weight excluding hydrogens is 376 g/mol. The minimum absolute atomic E-state index is 0.161. The molecule has 1 aromatic carbocycles. The van der Waals surface area contributed by atoms with Crippen LogP contribution in [0, 0.1) is 0 Å². The molecule has 0 bridgehead atoms. The van der Waals surface area contributed by atoms with Crippen molar-refractivity contribution in [3.63, 3.8) is 0 Å². The van der Waals surface area contributed by atoms with Gasteiger partial charge in [0.2, 0.25) is 0 Å². The van der Waals surface area contributed by atoms with E-state index >= 15 is 0 Å². The van der Waals surface area contributed by atoms with Crippen molar-refractivity contribution in [1.29, 1.82) is 0 Å². The van der Waals surface area contributed by atoms with Gasteiger partial charge in [-0.3, -0.25) is 4.79 Å². The van der Waals surface area contributed by atoms with Gasteiger partial charge in [-0.1, -0.05) is 43.0 Å². The Kier molecular flexibility index (Phi) is 7.03. The second-order valence-corrected chi connectivity index (χ2v) is 7.20. The first kappa shape index (κ1) is 21.3. The maximum absolute atomic E-state index is 13.0. The maximum atomic E-state index is 13.0. The molecule has 0 saturated carbocycles. The molecule has 0 radical (unpaired) electrons. The van der Waals surface area contributed by atoms with E-state index in [-0.39, 0.29) is 11.8 Å². The number of allylic oxidation sites excluding steroid dienone is 3. The van der Waals surface area contributed by atoms with Crippen LogP contribution in [0.15, 0.2) is 78.7 Å². The van der Waals surface area contributed by atoms with Crippen LogP contribution in [0.1, 0.15) is 30.3 Å². The van der Waals surface area contributed by atoms with Crippen molar-refractivity contribution < 1.29 is 9.90 Å². The van der Waals surface area contributed by atoms with E-state index in [4.69, 9.17) is 5.73 Å². The number of piperidine rings is 1. The van der Waals surface area contributed by atoms with E-state index < -0.39 is 5.91 Å². The van der Waals surface area contributed by atoms with E-state index in [1.165, 1.54) is 0 Å². The number of β-amino-alcohol motifs (C(OH)–C–C–N with tert-alkyl or cyclic N) is 1. The number of nitrogens with zero attached hydrogens (tertiary/aromatic N) is 2. The molecule has 6 nitrogen and oxygen atoms in total. The van der Waals surface area contributed by atoms with Gasteiger partial charge in [-0.25, -0.2) is 4.98 Å². The number of aliphatic hydroxyl groups is 1. The van der Waals surface area contributed by atoms with Crippen molar-refractivity contribution in [2.75, 3.05) is 18.8 Å². The molecule has 1 aromatic heterocycles. The lowest BCUT2D eigenvalue weighted by Crippen LogP contribution is -2.39. The van der Waals surface area contributed by atoms with Gasteiger partial charge >= 0.3 is 0 Å². The molecular formula is C24H28N4O2. The van der Waals surface area contributed by atoms with Gasteiger partial charge < -0.3 is 21.1 Å². The van der Waals surface area contributed by atoms with Crippen molar-refractivity contribution in [2.45, 2.75) is 25.9 Å². The smallest absolute Gasteiger partial charge is 0.276 e. The third-order valence-electron chi connectivity index (χ3n) is 5.00. The van der Waals surface area contributed by atoms with E-state index in [2.05, 4.69) is 21.8 Å². The average Bonchev–Trinajstić information content (AvgIpc) is 2.77. The van der Waals surface area contributed by atoms with Gasteiger partial charge in [-0.2, -0.15) is 0 Å². The molecule has 6 heteroatoms. The first-order valence-electron chi connectivity index (χ1n) is 10.1. The Labute approximate surface area is 177 Å². The molecule has 1 saturated heterocycles. The summed E-state index contributed by atoms with van der Waals surface area (Å²) in [6.07, 6.45) is 6.68. The number of aliphatic hydroxyl groups excluding tert-OH is 1. The second-order valence-electron chi connectivity index (χ2n) is 7.20. The molecule has 30 heavy (non-hydrogen) atoms. The lowest BCUT2D eigenvalue weighted by Gasteiger charge is -2.33. The number of aromatic nitrogens is 1. The lowest BCUT2D eigenvalue weighted by atomic mass is 10.1. The van der Waals surface area contributed by atoms with Gasteiger partial charge in [0.25, 0.3) is 5.91 Å². The summed E-state index contributed by atoms with van der Waals surface area (Å²) >= 11 is 0. The predicted molar refractivity (Wildman–Crippen MR) is 120 cm³/mol. The summed E-state index contributed by atoms with van der Waals surface area (Å²) in [5.41, 5.74) is 9.46. The van der Waals surface area contributed by atoms with Gasteiger partial charge in [0.05, 0.1) is 28.9 Å². The number of nitrogens with two attached hydrogens (primary N) is 1. The van der Waals surface area contributed by atoms with Crippen molar-refractivity contribution in [3.05, 3.63) is 84.4 Å². The predicted octanol–water partition coefficient (Wildman–Crippen LogP) is 3.49. The summed E-state index contributed by atoms with van der Waals surface area (Å²) in [5.74, 6) is -0.403. The standard InChI is InChI=1S/C24H28N4O2/c1-3-9-22(28-15-8-12-18(29)16-28)20(4-2)27-24(30)23-19(25)13-14-21(26-23)17-10-6-5-7-11-17/h3-7,9-11,13-14,18,29H,2,8,12,15-16,25H2,1H3,(H,27,30)/b9-3-,22-20-/t18-/m0/s1. The number of rotatable bonds is 6. The number of hydrogen-bond donors (Lipinski definition) is 3. The summed E-state index contributed by atoms with van der Waals surface area (Å²) in [6, 6.07) is 13.1. The number of nitrogens with one attached hydrogen (secondary N) is 1. The summed E-state index contributed by atoms with van der Waals surface area (Å²) in [5, 5.41) is 13.0. The fourth-order valence-electron chi connectivity index (χ4n) is 3.52. The van der Waals surface area contributed by atoms with Crippen LogP contribution in [0.3, 0.4) is 0 Å².